The van der Waals surface area contributed by atoms with Gasteiger partial charge in [-0.05, 0) is 56.5 Å². The van der Waals surface area contributed by atoms with Crippen molar-refractivity contribution in [1.29, 1.82) is 0 Å². The van der Waals surface area contributed by atoms with Crippen LogP contribution in [-0.4, -0.2) is 37.0 Å². The molecule has 3 rings (SSSR count). The number of piperazine rings is 1. The van der Waals surface area contributed by atoms with Gasteiger partial charge in [-0.15, -0.1) is 0 Å². The fourth-order valence-corrected chi connectivity index (χ4v) is 3.45. The van der Waals surface area contributed by atoms with Crippen molar-refractivity contribution in [3.05, 3.63) is 64.2 Å². The summed E-state index contributed by atoms with van der Waals surface area (Å²) in [5.41, 5.74) is 7.06. The molecule has 0 N–H and O–H groups in total. The molecule has 2 aromatic rings. The summed E-state index contributed by atoms with van der Waals surface area (Å²) < 4.78 is 0. The van der Waals surface area contributed by atoms with Crippen LogP contribution in [0.4, 0.5) is 5.69 Å². The average Bonchev–Trinajstić information content (AvgIpc) is 2.57. The number of carbonyl (C=O) groups is 1. The number of aryl methyl sites for hydroxylation is 3. The monoisotopic (exact) mass is 322 g/mol. The first-order chi connectivity index (χ1) is 11.5. The second-order valence-electron chi connectivity index (χ2n) is 6.82. The minimum atomic E-state index is 0.160. The molecule has 126 valence electrons. The Hall–Kier alpha value is -2.29. The summed E-state index contributed by atoms with van der Waals surface area (Å²) in [4.78, 5) is 17.2. The topological polar surface area (TPSA) is 23.6 Å². The van der Waals surface area contributed by atoms with Crippen molar-refractivity contribution in [3.8, 4) is 0 Å². The van der Waals surface area contributed by atoms with Crippen LogP contribution in [0.15, 0.2) is 36.4 Å². The summed E-state index contributed by atoms with van der Waals surface area (Å²) in [6.45, 7) is 11.7. The molecule has 1 aliphatic rings. The molecule has 0 aliphatic carbocycles. The fourth-order valence-electron chi connectivity index (χ4n) is 3.45. The van der Waals surface area contributed by atoms with E-state index in [0.717, 1.165) is 37.3 Å². The molecule has 2 aromatic carbocycles. The predicted octanol–water partition coefficient (Wildman–Crippen LogP) is 3.88. The fraction of sp³-hybridized carbons (Fsp3) is 0.381. The van der Waals surface area contributed by atoms with Crippen molar-refractivity contribution in [2.24, 2.45) is 0 Å². The summed E-state index contributed by atoms with van der Waals surface area (Å²) in [5, 5.41) is 0. The van der Waals surface area contributed by atoms with E-state index in [-0.39, 0.29) is 5.91 Å². The Labute approximate surface area is 144 Å². The van der Waals surface area contributed by atoms with Crippen molar-refractivity contribution in [2.45, 2.75) is 27.7 Å². The molecule has 1 fully saturated rings. The van der Waals surface area contributed by atoms with Gasteiger partial charge in [-0.2, -0.15) is 0 Å². The van der Waals surface area contributed by atoms with Crippen molar-refractivity contribution >= 4 is 11.6 Å². The molecule has 0 bridgehead atoms. The van der Waals surface area contributed by atoms with Gasteiger partial charge in [-0.25, -0.2) is 0 Å². The third kappa shape index (κ3) is 3.16. The summed E-state index contributed by atoms with van der Waals surface area (Å²) in [5.74, 6) is 0.160. The zero-order valence-electron chi connectivity index (χ0n) is 15.1. The lowest BCUT2D eigenvalue weighted by molar-refractivity contribution is 0.0746. The zero-order valence-corrected chi connectivity index (χ0v) is 15.1. The lowest BCUT2D eigenvalue weighted by Crippen LogP contribution is -2.49. The van der Waals surface area contributed by atoms with E-state index in [9.17, 15) is 4.79 Å². The number of anilines is 1. The molecule has 0 unspecified atom stereocenters. The quantitative estimate of drug-likeness (QED) is 0.837. The van der Waals surface area contributed by atoms with Gasteiger partial charge in [-0.3, -0.25) is 4.79 Å². The van der Waals surface area contributed by atoms with Gasteiger partial charge in [0.05, 0.1) is 0 Å². The number of nitrogens with zero attached hydrogens (tertiary/aromatic N) is 2. The summed E-state index contributed by atoms with van der Waals surface area (Å²) >= 11 is 0. The molecule has 1 saturated heterocycles. The SMILES string of the molecule is Cc1ccc(C(=O)N2CCN(c3cccc(C)c3C)CC2)c(C)c1. The number of amides is 1. The van der Waals surface area contributed by atoms with E-state index < -0.39 is 0 Å². The molecular formula is C21H26N2O. The summed E-state index contributed by atoms with van der Waals surface area (Å²) in [6.07, 6.45) is 0. The van der Waals surface area contributed by atoms with E-state index in [1.54, 1.807) is 0 Å². The second-order valence-corrected chi connectivity index (χ2v) is 6.82. The molecule has 24 heavy (non-hydrogen) atoms. The molecule has 1 aliphatic heterocycles. The standard InChI is InChI=1S/C21H26N2O/c1-15-8-9-19(17(3)14-15)21(24)23-12-10-22(11-13-23)20-7-5-6-16(2)18(20)4/h5-9,14H,10-13H2,1-4H3. The van der Waals surface area contributed by atoms with Gasteiger partial charge >= 0.3 is 0 Å². The van der Waals surface area contributed by atoms with E-state index in [2.05, 4.69) is 49.9 Å². The molecule has 0 atom stereocenters. The highest BCUT2D eigenvalue weighted by molar-refractivity contribution is 5.95. The van der Waals surface area contributed by atoms with Crippen LogP contribution in [0.1, 0.15) is 32.6 Å². The summed E-state index contributed by atoms with van der Waals surface area (Å²) in [7, 11) is 0. The number of hydrogen-bond acceptors (Lipinski definition) is 2. The second kappa shape index (κ2) is 6.68. The maximum atomic E-state index is 12.8. The van der Waals surface area contributed by atoms with Gasteiger partial charge in [0, 0.05) is 37.4 Å². The maximum absolute atomic E-state index is 12.8. The van der Waals surface area contributed by atoms with Crippen LogP contribution >= 0.6 is 0 Å². The highest BCUT2D eigenvalue weighted by Gasteiger charge is 2.24. The minimum Gasteiger partial charge on any atom is -0.368 e. The van der Waals surface area contributed by atoms with Crippen LogP contribution in [0.5, 0.6) is 0 Å². The van der Waals surface area contributed by atoms with Crippen LogP contribution in [0.25, 0.3) is 0 Å². The van der Waals surface area contributed by atoms with Crippen molar-refractivity contribution in [1.82, 2.24) is 4.90 Å². The normalized spacial score (nSPS) is 14.8. The lowest BCUT2D eigenvalue weighted by Gasteiger charge is -2.37. The number of benzene rings is 2. The minimum absolute atomic E-state index is 0.160. The van der Waals surface area contributed by atoms with Gasteiger partial charge in [0.25, 0.3) is 5.91 Å². The predicted molar refractivity (Wildman–Crippen MR) is 99.9 cm³/mol. The molecule has 0 spiro atoms. The van der Waals surface area contributed by atoms with E-state index in [1.165, 1.54) is 22.4 Å². The van der Waals surface area contributed by atoms with E-state index in [1.807, 2.05) is 24.0 Å². The first-order valence-corrected chi connectivity index (χ1v) is 8.65. The molecule has 0 saturated carbocycles. The van der Waals surface area contributed by atoms with Crippen molar-refractivity contribution in [2.75, 3.05) is 31.1 Å². The Morgan fingerprint density at radius 1 is 0.875 bits per heavy atom. The molecule has 1 amide bonds. The lowest BCUT2D eigenvalue weighted by atomic mass is 10.0. The van der Waals surface area contributed by atoms with Crippen LogP contribution in [-0.2, 0) is 0 Å². The zero-order chi connectivity index (χ0) is 17.3. The Balaban J connectivity index is 1.71. The van der Waals surface area contributed by atoms with E-state index in [4.69, 9.17) is 0 Å². The highest BCUT2D eigenvalue weighted by atomic mass is 16.2. The molecule has 3 nitrogen and oxygen atoms in total. The Kier molecular flexibility index (Phi) is 4.61. The van der Waals surface area contributed by atoms with Crippen LogP contribution in [0.2, 0.25) is 0 Å². The third-order valence-electron chi connectivity index (χ3n) is 5.10. The third-order valence-corrected chi connectivity index (χ3v) is 5.10. The van der Waals surface area contributed by atoms with Crippen molar-refractivity contribution < 1.29 is 4.79 Å². The summed E-state index contributed by atoms with van der Waals surface area (Å²) in [6, 6.07) is 12.5. The van der Waals surface area contributed by atoms with E-state index >= 15 is 0 Å². The number of rotatable bonds is 2. The van der Waals surface area contributed by atoms with Crippen LogP contribution in [0.3, 0.4) is 0 Å². The van der Waals surface area contributed by atoms with E-state index in [0.29, 0.717) is 0 Å². The number of carbonyl (C=O) groups excluding carboxylic acids is 1. The van der Waals surface area contributed by atoms with Crippen molar-refractivity contribution in [3.63, 3.8) is 0 Å². The molecule has 1 heterocycles. The van der Waals surface area contributed by atoms with Gasteiger partial charge in [-0.1, -0.05) is 29.8 Å². The van der Waals surface area contributed by atoms with Gasteiger partial charge in [0.15, 0.2) is 0 Å². The van der Waals surface area contributed by atoms with Gasteiger partial charge in [0.2, 0.25) is 0 Å². The average molecular weight is 322 g/mol. The number of hydrogen-bond donors (Lipinski definition) is 0. The highest BCUT2D eigenvalue weighted by Crippen LogP contribution is 2.24. The Morgan fingerprint density at radius 3 is 2.25 bits per heavy atom. The molecule has 0 aromatic heterocycles. The molecular weight excluding hydrogens is 296 g/mol. The largest absolute Gasteiger partial charge is 0.368 e. The Bertz CT molecular complexity index is 758. The maximum Gasteiger partial charge on any atom is 0.254 e. The first kappa shape index (κ1) is 16.6. The van der Waals surface area contributed by atoms with Gasteiger partial charge < -0.3 is 9.80 Å². The van der Waals surface area contributed by atoms with Crippen LogP contribution in [0, 0.1) is 27.7 Å². The Morgan fingerprint density at radius 2 is 1.58 bits per heavy atom. The smallest absolute Gasteiger partial charge is 0.254 e. The van der Waals surface area contributed by atoms with Crippen LogP contribution < -0.4 is 4.90 Å². The first-order valence-electron chi connectivity index (χ1n) is 8.65. The van der Waals surface area contributed by atoms with Gasteiger partial charge in [0.1, 0.15) is 0 Å². The molecule has 0 radical (unpaired) electrons. The molecule has 3 heteroatoms.